The van der Waals surface area contributed by atoms with Gasteiger partial charge >= 0.3 is 5.97 Å². The maximum Gasteiger partial charge on any atom is 0.344 e. The summed E-state index contributed by atoms with van der Waals surface area (Å²) in [7, 11) is 0. The summed E-state index contributed by atoms with van der Waals surface area (Å²) in [6.07, 6.45) is 0. The van der Waals surface area contributed by atoms with Gasteiger partial charge < -0.3 is 14.8 Å². The lowest BCUT2D eigenvalue weighted by Crippen LogP contribution is -2.34. The van der Waals surface area contributed by atoms with E-state index in [4.69, 9.17) is 9.47 Å². The number of nitrogens with one attached hydrogen (secondary N) is 1. The Morgan fingerprint density at radius 2 is 1.70 bits per heavy atom. The molecule has 1 aromatic rings. The molecule has 5 heteroatoms. The third kappa shape index (κ3) is 6.22. The van der Waals surface area contributed by atoms with Gasteiger partial charge in [0, 0.05) is 6.04 Å². The Bertz CT molecular complexity index is 463. The number of hydrogen-bond donors (Lipinski definition) is 1. The molecule has 0 aliphatic heterocycles. The first-order valence-electron chi connectivity index (χ1n) is 6.53. The SMILES string of the molecule is Cc1cc(C)cc(OCC(=O)OCC(=O)NC(C)C)c1. The van der Waals surface area contributed by atoms with Crippen LogP contribution in [0.15, 0.2) is 18.2 Å². The molecule has 0 unspecified atom stereocenters. The Labute approximate surface area is 119 Å². The maximum absolute atomic E-state index is 11.4. The second-order valence-corrected chi connectivity index (χ2v) is 4.99. The molecule has 20 heavy (non-hydrogen) atoms. The van der Waals surface area contributed by atoms with E-state index in [1.165, 1.54) is 0 Å². The molecule has 0 radical (unpaired) electrons. The van der Waals surface area contributed by atoms with Crippen LogP contribution in [-0.2, 0) is 14.3 Å². The maximum atomic E-state index is 11.4. The zero-order chi connectivity index (χ0) is 15.1. The summed E-state index contributed by atoms with van der Waals surface area (Å²) in [5.41, 5.74) is 2.12. The van der Waals surface area contributed by atoms with Crippen molar-refractivity contribution in [3.05, 3.63) is 29.3 Å². The number of aryl methyl sites for hydroxylation is 2. The lowest BCUT2D eigenvalue weighted by atomic mass is 10.1. The van der Waals surface area contributed by atoms with E-state index >= 15 is 0 Å². The number of benzene rings is 1. The van der Waals surface area contributed by atoms with Crippen molar-refractivity contribution in [3.63, 3.8) is 0 Å². The highest BCUT2D eigenvalue weighted by Gasteiger charge is 2.09. The highest BCUT2D eigenvalue weighted by atomic mass is 16.6. The standard InChI is InChI=1S/C15H21NO4/c1-10(2)16-14(17)8-20-15(18)9-19-13-6-11(3)5-12(4)7-13/h5-7,10H,8-9H2,1-4H3,(H,16,17). The predicted molar refractivity (Wildman–Crippen MR) is 75.6 cm³/mol. The van der Waals surface area contributed by atoms with Gasteiger partial charge in [0.2, 0.25) is 0 Å². The summed E-state index contributed by atoms with van der Waals surface area (Å²) < 4.78 is 10.1. The molecular weight excluding hydrogens is 258 g/mol. The van der Waals surface area contributed by atoms with Gasteiger partial charge in [-0.25, -0.2) is 4.79 Å². The minimum absolute atomic E-state index is 0.0210. The summed E-state index contributed by atoms with van der Waals surface area (Å²) in [5, 5.41) is 2.63. The van der Waals surface area contributed by atoms with Crippen LogP contribution in [-0.4, -0.2) is 31.1 Å². The Morgan fingerprint density at radius 1 is 1.10 bits per heavy atom. The number of amides is 1. The van der Waals surface area contributed by atoms with Crippen LogP contribution in [0.25, 0.3) is 0 Å². The first kappa shape index (κ1) is 16.0. The third-order valence-electron chi connectivity index (χ3n) is 2.37. The number of ether oxygens (including phenoxy) is 2. The zero-order valence-electron chi connectivity index (χ0n) is 12.4. The van der Waals surface area contributed by atoms with Crippen molar-refractivity contribution in [1.29, 1.82) is 0 Å². The van der Waals surface area contributed by atoms with Gasteiger partial charge in [-0.05, 0) is 51.0 Å². The highest BCUT2D eigenvalue weighted by Crippen LogP contribution is 2.15. The fourth-order valence-corrected chi connectivity index (χ4v) is 1.71. The van der Waals surface area contributed by atoms with Crippen LogP contribution in [0.4, 0.5) is 0 Å². The van der Waals surface area contributed by atoms with Crippen LogP contribution >= 0.6 is 0 Å². The summed E-state index contributed by atoms with van der Waals surface area (Å²) >= 11 is 0. The molecule has 1 aromatic carbocycles. The number of carbonyl (C=O) groups excluding carboxylic acids is 2. The van der Waals surface area contributed by atoms with E-state index in [2.05, 4.69) is 5.32 Å². The van der Waals surface area contributed by atoms with Crippen molar-refractivity contribution in [2.75, 3.05) is 13.2 Å². The number of carbonyl (C=O) groups is 2. The van der Waals surface area contributed by atoms with E-state index in [0.717, 1.165) is 11.1 Å². The summed E-state index contributed by atoms with van der Waals surface area (Å²) in [4.78, 5) is 22.7. The molecule has 5 nitrogen and oxygen atoms in total. The van der Waals surface area contributed by atoms with Gasteiger partial charge in [-0.2, -0.15) is 0 Å². The monoisotopic (exact) mass is 279 g/mol. The number of rotatable bonds is 6. The Morgan fingerprint density at radius 3 is 2.25 bits per heavy atom. The summed E-state index contributed by atoms with van der Waals surface area (Å²) in [6.45, 7) is 7.08. The van der Waals surface area contributed by atoms with Crippen LogP contribution in [0.1, 0.15) is 25.0 Å². The Hall–Kier alpha value is -2.04. The topological polar surface area (TPSA) is 64.6 Å². The van der Waals surface area contributed by atoms with Crippen molar-refractivity contribution in [3.8, 4) is 5.75 Å². The third-order valence-corrected chi connectivity index (χ3v) is 2.37. The fraction of sp³-hybridized carbons (Fsp3) is 0.467. The second-order valence-electron chi connectivity index (χ2n) is 4.99. The molecule has 0 aliphatic carbocycles. The van der Waals surface area contributed by atoms with E-state index < -0.39 is 5.97 Å². The van der Waals surface area contributed by atoms with Crippen LogP contribution in [0.5, 0.6) is 5.75 Å². The van der Waals surface area contributed by atoms with Crippen LogP contribution < -0.4 is 10.1 Å². The zero-order valence-corrected chi connectivity index (χ0v) is 12.4. The van der Waals surface area contributed by atoms with Gasteiger partial charge in [0.1, 0.15) is 5.75 Å². The highest BCUT2D eigenvalue weighted by molar-refractivity contribution is 5.81. The van der Waals surface area contributed by atoms with Crippen molar-refractivity contribution >= 4 is 11.9 Å². The first-order valence-corrected chi connectivity index (χ1v) is 6.53. The quantitative estimate of drug-likeness (QED) is 0.806. The summed E-state index contributed by atoms with van der Waals surface area (Å²) in [6, 6.07) is 5.71. The summed E-state index contributed by atoms with van der Waals surface area (Å²) in [5.74, 6) is -0.270. The van der Waals surface area contributed by atoms with Crippen molar-refractivity contribution < 1.29 is 19.1 Å². The van der Waals surface area contributed by atoms with Crippen LogP contribution in [0, 0.1) is 13.8 Å². The molecule has 0 atom stereocenters. The lowest BCUT2D eigenvalue weighted by molar-refractivity contribution is -0.150. The van der Waals surface area contributed by atoms with Crippen molar-refractivity contribution in [2.24, 2.45) is 0 Å². The van der Waals surface area contributed by atoms with E-state index in [-0.39, 0.29) is 25.2 Å². The van der Waals surface area contributed by atoms with E-state index in [9.17, 15) is 9.59 Å². The van der Waals surface area contributed by atoms with E-state index in [1.54, 1.807) is 0 Å². The Balaban J connectivity index is 2.34. The van der Waals surface area contributed by atoms with Crippen LogP contribution in [0.3, 0.4) is 0 Å². The van der Waals surface area contributed by atoms with Crippen LogP contribution in [0.2, 0.25) is 0 Å². The Kier molecular flexibility index (Phi) is 6.03. The first-order chi connectivity index (χ1) is 9.36. The minimum Gasteiger partial charge on any atom is -0.482 e. The molecule has 0 fully saturated rings. The molecule has 110 valence electrons. The smallest absolute Gasteiger partial charge is 0.344 e. The van der Waals surface area contributed by atoms with Crippen molar-refractivity contribution in [1.82, 2.24) is 5.32 Å². The van der Waals surface area contributed by atoms with Gasteiger partial charge in [0.05, 0.1) is 0 Å². The molecule has 1 amide bonds. The second kappa shape index (κ2) is 7.53. The lowest BCUT2D eigenvalue weighted by Gasteiger charge is -2.10. The van der Waals surface area contributed by atoms with Crippen molar-refractivity contribution in [2.45, 2.75) is 33.7 Å². The average Bonchev–Trinajstić information content (AvgIpc) is 2.32. The predicted octanol–water partition coefficient (Wildman–Crippen LogP) is 1.75. The molecule has 1 N–H and O–H groups in total. The van der Waals surface area contributed by atoms with Gasteiger partial charge in [-0.1, -0.05) is 6.07 Å². The molecule has 0 aromatic heterocycles. The number of hydrogen-bond acceptors (Lipinski definition) is 4. The average molecular weight is 279 g/mol. The van der Waals surface area contributed by atoms with Gasteiger partial charge in [-0.3, -0.25) is 4.79 Å². The molecular formula is C15H21NO4. The molecule has 0 aliphatic rings. The molecule has 0 heterocycles. The van der Waals surface area contributed by atoms with Gasteiger partial charge in [0.25, 0.3) is 5.91 Å². The molecule has 1 rings (SSSR count). The van der Waals surface area contributed by atoms with E-state index in [0.29, 0.717) is 5.75 Å². The molecule has 0 saturated carbocycles. The molecule has 0 spiro atoms. The molecule has 0 saturated heterocycles. The minimum atomic E-state index is -0.567. The van der Waals surface area contributed by atoms with Gasteiger partial charge in [0.15, 0.2) is 13.2 Å². The fourth-order valence-electron chi connectivity index (χ4n) is 1.71. The number of esters is 1. The largest absolute Gasteiger partial charge is 0.482 e. The van der Waals surface area contributed by atoms with Gasteiger partial charge in [-0.15, -0.1) is 0 Å². The normalized spacial score (nSPS) is 10.2. The van der Waals surface area contributed by atoms with E-state index in [1.807, 2.05) is 45.9 Å². The molecule has 0 bridgehead atoms.